The van der Waals surface area contributed by atoms with E-state index in [0.717, 1.165) is 44.1 Å². The molecule has 2 aliphatic rings. The van der Waals surface area contributed by atoms with Gasteiger partial charge in [-0.1, -0.05) is 6.07 Å². The van der Waals surface area contributed by atoms with Crippen molar-refractivity contribution in [3.05, 3.63) is 23.8 Å². The molecule has 7 nitrogen and oxygen atoms in total. The van der Waals surface area contributed by atoms with Crippen LogP contribution in [-0.4, -0.2) is 69.3 Å². The quantitative estimate of drug-likeness (QED) is 0.612. The average Bonchev–Trinajstić information content (AvgIpc) is 2.56. The van der Waals surface area contributed by atoms with Crippen LogP contribution < -0.4 is 15.0 Å². The monoisotopic (exact) mass is 333 g/mol. The molecule has 130 valence electrons. The fourth-order valence-electron chi connectivity index (χ4n) is 2.91. The molecule has 1 aromatic rings. The number of carbonyl (C=O) groups is 2. The predicted octanol–water partition coefficient (Wildman–Crippen LogP) is 0.169. The summed E-state index contributed by atoms with van der Waals surface area (Å²) in [4.78, 5) is 27.9. The van der Waals surface area contributed by atoms with Gasteiger partial charge in [0.1, 0.15) is 6.54 Å². The van der Waals surface area contributed by atoms with Crippen LogP contribution in [0.5, 0.6) is 5.75 Å². The molecule has 1 fully saturated rings. The van der Waals surface area contributed by atoms with Gasteiger partial charge in [-0.25, -0.2) is 4.79 Å². The third-order valence-electron chi connectivity index (χ3n) is 4.19. The van der Waals surface area contributed by atoms with Crippen LogP contribution in [-0.2, 0) is 14.3 Å². The second-order valence-corrected chi connectivity index (χ2v) is 6.11. The number of hydrogen-bond donors (Lipinski definition) is 1. The lowest BCUT2D eigenvalue weighted by atomic mass is 10.1. The number of fused-ring (bicyclic) bond motifs is 1. The van der Waals surface area contributed by atoms with Gasteiger partial charge in [0.2, 0.25) is 5.91 Å². The van der Waals surface area contributed by atoms with Gasteiger partial charge in [-0.3, -0.25) is 9.69 Å². The Bertz CT molecular complexity index is 614. The van der Waals surface area contributed by atoms with E-state index in [2.05, 4.69) is 10.2 Å². The molecular formula is C17H23N3O4. The van der Waals surface area contributed by atoms with E-state index in [-0.39, 0.29) is 25.0 Å². The zero-order chi connectivity index (χ0) is 16.9. The number of rotatable bonds is 5. The minimum atomic E-state index is -0.340. The molecule has 1 amide bonds. The molecule has 24 heavy (non-hydrogen) atoms. The Morgan fingerprint density at radius 1 is 1.29 bits per heavy atom. The van der Waals surface area contributed by atoms with Gasteiger partial charge in [0, 0.05) is 26.2 Å². The summed E-state index contributed by atoms with van der Waals surface area (Å²) < 4.78 is 10.5. The molecule has 3 rings (SSSR count). The van der Waals surface area contributed by atoms with E-state index in [0.29, 0.717) is 12.3 Å². The first-order chi connectivity index (χ1) is 11.6. The third-order valence-corrected chi connectivity index (χ3v) is 4.19. The van der Waals surface area contributed by atoms with Gasteiger partial charge in [-0.15, -0.1) is 0 Å². The van der Waals surface area contributed by atoms with Gasteiger partial charge in [0.25, 0.3) is 0 Å². The Kier molecular flexibility index (Phi) is 5.32. The first-order valence-electron chi connectivity index (χ1n) is 8.25. The molecule has 1 aromatic carbocycles. The van der Waals surface area contributed by atoms with E-state index < -0.39 is 0 Å². The Balaban J connectivity index is 1.52. The Labute approximate surface area is 141 Å². The van der Waals surface area contributed by atoms with Crippen LogP contribution in [0.4, 0.5) is 5.69 Å². The highest BCUT2D eigenvalue weighted by Crippen LogP contribution is 2.32. The summed E-state index contributed by atoms with van der Waals surface area (Å²) in [6.45, 7) is 6.92. The van der Waals surface area contributed by atoms with Crippen molar-refractivity contribution in [1.29, 1.82) is 0 Å². The number of anilines is 1. The Hall–Kier alpha value is -2.12. The highest BCUT2D eigenvalue weighted by Gasteiger charge is 2.25. The summed E-state index contributed by atoms with van der Waals surface area (Å²) in [6.07, 6.45) is 0. The maximum Gasteiger partial charge on any atom is 0.331 e. The number of morpholine rings is 1. The van der Waals surface area contributed by atoms with Crippen molar-refractivity contribution in [2.45, 2.75) is 6.92 Å². The van der Waals surface area contributed by atoms with Crippen LogP contribution in [0, 0.1) is 6.92 Å². The van der Waals surface area contributed by atoms with Crippen LogP contribution in [0.25, 0.3) is 0 Å². The molecule has 0 bridgehead atoms. The van der Waals surface area contributed by atoms with Crippen LogP contribution in [0.2, 0.25) is 0 Å². The van der Waals surface area contributed by atoms with E-state index in [1.165, 1.54) is 0 Å². The molecule has 0 atom stereocenters. The van der Waals surface area contributed by atoms with Gasteiger partial charge in [-0.2, -0.15) is 0 Å². The van der Waals surface area contributed by atoms with E-state index >= 15 is 0 Å². The number of amides is 1. The molecular weight excluding hydrogens is 310 g/mol. The topological polar surface area (TPSA) is 71.1 Å². The van der Waals surface area contributed by atoms with Gasteiger partial charge >= 0.3 is 5.97 Å². The molecule has 2 heterocycles. The fraction of sp³-hybridized carbons (Fsp3) is 0.529. The summed E-state index contributed by atoms with van der Waals surface area (Å²) in [7, 11) is 0. The van der Waals surface area contributed by atoms with Crippen LogP contribution >= 0.6 is 0 Å². The lowest BCUT2D eigenvalue weighted by Crippen LogP contribution is -2.46. The highest BCUT2D eigenvalue weighted by atomic mass is 16.5. The number of nitrogens with zero attached hydrogens (tertiary/aromatic N) is 2. The van der Waals surface area contributed by atoms with Crippen LogP contribution in [0.1, 0.15) is 5.56 Å². The molecule has 0 aliphatic carbocycles. The van der Waals surface area contributed by atoms with Crippen LogP contribution in [0.3, 0.4) is 0 Å². The summed E-state index contributed by atoms with van der Waals surface area (Å²) in [5, 5.41) is 2.92. The predicted molar refractivity (Wildman–Crippen MR) is 89.3 cm³/mol. The number of benzene rings is 1. The smallest absolute Gasteiger partial charge is 0.331 e. The molecule has 1 N–H and O–H groups in total. The second kappa shape index (κ2) is 7.63. The number of esters is 1. The average molecular weight is 333 g/mol. The van der Waals surface area contributed by atoms with Crippen molar-refractivity contribution in [1.82, 2.24) is 10.2 Å². The molecule has 0 radical (unpaired) electrons. The SMILES string of the molecule is Cc1ccc2c(c1)N(CC(=O)NCCN1CCOCC1)CC(=O)O2. The largest absolute Gasteiger partial charge is 0.423 e. The lowest BCUT2D eigenvalue weighted by Gasteiger charge is -2.30. The van der Waals surface area contributed by atoms with Gasteiger partial charge in [0.15, 0.2) is 5.75 Å². The Morgan fingerprint density at radius 3 is 2.88 bits per heavy atom. The first kappa shape index (κ1) is 16.7. The zero-order valence-electron chi connectivity index (χ0n) is 13.9. The van der Waals surface area contributed by atoms with Crippen molar-refractivity contribution in [3.8, 4) is 5.75 Å². The summed E-state index contributed by atoms with van der Waals surface area (Å²) in [6, 6.07) is 5.59. The minimum Gasteiger partial charge on any atom is -0.423 e. The van der Waals surface area contributed by atoms with E-state index in [1.807, 2.05) is 19.1 Å². The zero-order valence-corrected chi connectivity index (χ0v) is 13.9. The van der Waals surface area contributed by atoms with Crippen molar-refractivity contribution >= 4 is 17.6 Å². The van der Waals surface area contributed by atoms with E-state index in [1.54, 1.807) is 11.0 Å². The summed E-state index contributed by atoms with van der Waals surface area (Å²) in [5.74, 6) is 0.0795. The van der Waals surface area contributed by atoms with E-state index in [9.17, 15) is 9.59 Å². The maximum atomic E-state index is 12.2. The van der Waals surface area contributed by atoms with Crippen molar-refractivity contribution in [2.24, 2.45) is 0 Å². The van der Waals surface area contributed by atoms with E-state index in [4.69, 9.17) is 9.47 Å². The maximum absolute atomic E-state index is 12.2. The summed E-state index contributed by atoms with van der Waals surface area (Å²) in [5.41, 5.74) is 1.85. The molecule has 0 unspecified atom stereocenters. The molecule has 0 saturated carbocycles. The second-order valence-electron chi connectivity index (χ2n) is 6.11. The lowest BCUT2D eigenvalue weighted by molar-refractivity contribution is -0.133. The van der Waals surface area contributed by atoms with Crippen molar-refractivity contribution in [2.75, 3.05) is 57.4 Å². The number of nitrogens with one attached hydrogen (secondary N) is 1. The molecule has 7 heteroatoms. The third kappa shape index (κ3) is 4.24. The van der Waals surface area contributed by atoms with Crippen molar-refractivity contribution < 1.29 is 19.1 Å². The number of carbonyl (C=O) groups excluding carboxylic acids is 2. The number of aryl methyl sites for hydroxylation is 1. The van der Waals surface area contributed by atoms with Crippen LogP contribution in [0.15, 0.2) is 18.2 Å². The van der Waals surface area contributed by atoms with Crippen molar-refractivity contribution in [3.63, 3.8) is 0 Å². The standard InChI is InChI=1S/C17H23N3O4/c1-13-2-3-15-14(10-13)20(12-17(22)24-15)11-16(21)18-4-5-19-6-8-23-9-7-19/h2-3,10H,4-9,11-12H2,1H3,(H,18,21). The Morgan fingerprint density at radius 2 is 2.08 bits per heavy atom. The minimum absolute atomic E-state index is 0.0906. The molecule has 0 spiro atoms. The molecule has 2 aliphatic heterocycles. The number of hydrogen-bond acceptors (Lipinski definition) is 6. The highest BCUT2D eigenvalue weighted by molar-refractivity contribution is 5.89. The first-order valence-corrected chi connectivity index (χ1v) is 8.25. The van der Waals surface area contributed by atoms with Gasteiger partial charge in [-0.05, 0) is 24.6 Å². The molecule has 0 aromatic heterocycles. The van der Waals surface area contributed by atoms with Gasteiger partial charge in [0.05, 0.1) is 25.4 Å². The summed E-state index contributed by atoms with van der Waals surface area (Å²) >= 11 is 0. The fourth-order valence-corrected chi connectivity index (χ4v) is 2.91. The normalized spacial score (nSPS) is 18.0. The molecule has 1 saturated heterocycles. The van der Waals surface area contributed by atoms with Gasteiger partial charge < -0.3 is 19.7 Å². The number of ether oxygens (including phenoxy) is 2.